The molecule has 1 aromatic heterocycles. The first-order valence-corrected chi connectivity index (χ1v) is 8.76. The summed E-state index contributed by atoms with van der Waals surface area (Å²) in [6.45, 7) is 0.359. The van der Waals surface area contributed by atoms with Gasteiger partial charge in [-0.3, -0.25) is 4.79 Å². The number of carboxylic acid groups (broad SMARTS) is 1. The van der Waals surface area contributed by atoms with Gasteiger partial charge in [0, 0.05) is 24.0 Å². The number of anilines is 3. The maximum atomic E-state index is 12.4. The number of hydrogen-bond acceptors (Lipinski definition) is 4. The van der Waals surface area contributed by atoms with Crippen LogP contribution in [0, 0.1) is 0 Å². The van der Waals surface area contributed by atoms with Gasteiger partial charge in [0.05, 0.1) is 5.69 Å². The first-order valence-electron chi connectivity index (χ1n) is 8.76. The monoisotopic (exact) mass is 376 g/mol. The molecule has 0 saturated carbocycles. The molecule has 0 aliphatic heterocycles. The second-order valence-corrected chi connectivity index (χ2v) is 6.02. The third-order valence-electron chi connectivity index (χ3n) is 4.00. The highest BCUT2D eigenvalue weighted by Gasteiger charge is 2.10. The number of carbonyl (C=O) groups excluding carboxylic acids is 1. The van der Waals surface area contributed by atoms with Crippen LogP contribution in [0.3, 0.4) is 0 Å². The molecule has 1 heterocycles. The Balaban J connectivity index is 1.66. The highest BCUT2D eigenvalue weighted by atomic mass is 16.4. The zero-order chi connectivity index (χ0) is 19.8. The zero-order valence-corrected chi connectivity index (χ0v) is 15.1. The van der Waals surface area contributed by atoms with Crippen LogP contribution in [-0.4, -0.2) is 28.6 Å². The number of benzene rings is 2. The molecule has 0 spiro atoms. The molecule has 2 amide bonds. The van der Waals surface area contributed by atoms with Gasteiger partial charge in [-0.1, -0.05) is 30.3 Å². The van der Waals surface area contributed by atoms with Crippen LogP contribution in [0.5, 0.6) is 0 Å². The fourth-order valence-corrected chi connectivity index (χ4v) is 2.60. The van der Waals surface area contributed by atoms with Gasteiger partial charge < -0.3 is 21.1 Å². The van der Waals surface area contributed by atoms with Gasteiger partial charge in [-0.25, -0.2) is 9.78 Å². The minimum atomic E-state index is -1.03. The number of amides is 2. The van der Waals surface area contributed by atoms with Gasteiger partial charge in [-0.05, 0) is 48.4 Å². The first-order chi connectivity index (χ1) is 13.6. The number of carbonyl (C=O) groups is 2. The summed E-state index contributed by atoms with van der Waals surface area (Å²) in [5.41, 5.74) is 2.96. The van der Waals surface area contributed by atoms with E-state index in [0.29, 0.717) is 30.0 Å². The maximum Gasteiger partial charge on any atom is 0.404 e. The molecule has 0 fully saturated rings. The van der Waals surface area contributed by atoms with Crippen molar-refractivity contribution in [2.24, 2.45) is 0 Å². The van der Waals surface area contributed by atoms with Crippen molar-refractivity contribution in [1.29, 1.82) is 0 Å². The Bertz CT molecular complexity index is 943. The number of nitrogens with zero attached hydrogens (tertiary/aromatic N) is 1. The van der Waals surface area contributed by atoms with Crippen LogP contribution in [0.2, 0.25) is 0 Å². The van der Waals surface area contributed by atoms with E-state index >= 15 is 0 Å². The lowest BCUT2D eigenvalue weighted by molar-refractivity contribution is 0.102. The summed E-state index contributed by atoms with van der Waals surface area (Å²) in [6.07, 6.45) is 1.22. The molecule has 3 aromatic rings. The molecule has 7 nitrogen and oxygen atoms in total. The van der Waals surface area contributed by atoms with Crippen LogP contribution in [0.15, 0.2) is 72.9 Å². The van der Waals surface area contributed by atoms with Gasteiger partial charge in [0.1, 0.15) is 0 Å². The number of pyridine rings is 1. The molecule has 142 valence electrons. The lowest BCUT2D eigenvalue weighted by Gasteiger charge is -2.12. The van der Waals surface area contributed by atoms with Gasteiger partial charge in [-0.2, -0.15) is 0 Å². The van der Waals surface area contributed by atoms with Crippen LogP contribution in [0.4, 0.5) is 22.0 Å². The molecule has 0 unspecified atom stereocenters. The van der Waals surface area contributed by atoms with Gasteiger partial charge >= 0.3 is 6.09 Å². The SMILES string of the molecule is O=C(O)NCCc1ccc(Nc2ncccc2NC(=O)c2ccccc2)cc1. The number of nitrogens with one attached hydrogen (secondary N) is 3. The average molecular weight is 376 g/mol. The predicted octanol–water partition coefficient (Wildman–Crippen LogP) is 3.89. The number of hydrogen-bond donors (Lipinski definition) is 4. The highest BCUT2D eigenvalue weighted by Crippen LogP contribution is 2.23. The van der Waals surface area contributed by atoms with E-state index in [1.165, 1.54) is 0 Å². The molecule has 0 radical (unpaired) electrons. The molecule has 0 aliphatic rings. The van der Waals surface area contributed by atoms with E-state index in [1.807, 2.05) is 42.5 Å². The summed E-state index contributed by atoms with van der Waals surface area (Å²) >= 11 is 0. The Morgan fingerprint density at radius 1 is 0.929 bits per heavy atom. The summed E-state index contributed by atoms with van der Waals surface area (Å²) in [7, 11) is 0. The van der Waals surface area contributed by atoms with E-state index in [2.05, 4.69) is 20.9 Å². The normalized spacial score (nSPS) is 10.1. The van der Waals surface area contributed by atoms with Crippen LogP contribution in [-0.2, 0) is 6.42 Å². The molecule has 0 atom stereocenters. The summed E-state index contributed by atoms with van der Waals surface area (Å²) in [6, 6.07) is 20.1. The van der Waals surface area contributed by atoms with E-state index < -0.39 is 6.09 Å². The molecule has 28 heavy (non-hydrogen) atoms. The quantitative estimate of drug-likeness (QED) is 0.501. The maximum absolute atomic E-state index is 12.4. The van der Waals surface area contributed by atoms with Crippen molar-refractivity contribution in [3.05, 3.63) is 84.1 Å². The largest absolute Gasteiger partial charge is 0.465 e. The van der Waals surface area contributed by atoms with Crippen molar-refractivity contribution < 1.29 is 14.7 Å². The molecule has 0 saturated heterocycles. The summed E-state index contributed by atoms with van der Waals surface area (Å²) in [5, 5.41) is 17.0. The fraction of sp³-hybridized carbons (Fsp3) is 0.0952. The first kappa shape index (κ1) is 18.9. The summed E-state index contributed by atoms with van der Waals surface area (Å²) < 4.78 is 0. The van der Waals surface area contributed by atoms with Gasteiger partial charge in [0.25, 0.3) is 5.91 Å². The Kier molecular flexibility index (Phi) is 6.20. The van der Waals surface area contributed by atoms with Crippen molar-refractivity contribution in [2.75, 3.05) is 17.2 Å². The smallest absolute Gasteiger partial charge is 0.404 e. The molecule has 3 rings (SSSR count). The summed E-state index contributed by atoms with van der Waals surface area (Å²) in [5.74, 6) is 0.324. The third-order valence-corrected chi connectivity index (χ3v) is 4.00. The van der Waals surface area contributed by atoms with E-state index in [9.17, 15) is 9.59 Å². The van der Waals surface area contributed by atoms with Crippen molar-refractivity contribution in [2.45, 2.75) is 6.42 Å². The average Bonchev–Trinajstić information content (AvgIpc) is 2.71. The highest BCUT2D eigenvalue weighted by molar-refractivity contribution is 6.05. The Morgan fingerprint density at radius 2 is 1.68 bits per heavy atom. The lowest BCUT2D eigenvalue weighted by Crippen LogP contribution is -2.23. The molecular weight excluding hydrogens is 356 g/mol. The Morgan fingerprint density at radius 3 is 2.39 bits per heavy atom. The van der Waals surface area contributed by atoms with Crippen LogP contribution < -0.4 is 16.0 Å². The molecule has 2 aromatic carbocycles. The fourth-order valence-electron chi connectivity index (χ4n) is 2.60. The number of rotatable bonds is 7. The zero-order valence-electron chi connectivity index (χ0n) is 15.1. The second kappa shape index (κ2) is 9.18. The predicted molar refractivity (Wildman–Crippen MR) is 108 cm³/mol. The molecule has 7 heteroatoms. The van der Waals surface area contributed by atoms with E-state index in [1.54, 1.807) is 30.5 Å². The lowest BCUT2D eigenvalue weighted by atomic mass is 10.1. The van der Waals surface area contributed by atoms with Gasteiger partial charge in [0.15, 0.2) is 5.82 Å². The van der Waals surface area contributed by atoms with Crippen molar-refractivity contribution >= 4 is 29.2 Å². The van der Waals surface area contributed by atoms with Gasteiger partial charge in [0.2, 0.25) is 0 Å². The molecular formula is C21H20N4O3. The Labute approximate surface area is 162 Å². The Hall–Kier alpha value is -3.87. The van der Waals surface area contributed by atoms with Crippen molar-refractivity contribution in [1.82, 2.24) is 10.3 Å². The molecule has 0 bridgehead atoms. The standard InChI is InChI=1S/C21H20N4O3/c26-20(16-5-2-1-3-6-16)25-18-7-4-13-22-19(18)24-17-10-8-15(9-11-17)12-14-23-21(27)28/h1-11,13,23H,12,14H2,(H,22,24)(H,25,26)(H,27,28). The second-order valence-electron chi connectivity index (χ2n) is 6.02. The van der Waals surface area contributed by atoms with Crippen LogP contribution >= 0.6 is 0 Å². The van der Waals surface area contributed by atoms with Crippen molar-refractivity contribution in [3.63, 3.8) is 0 Å². The minimum absolute atomic E-state index is 0.210. The molecule has 0 aliphatic carbocycles. The van der Waals surface area contributed by atoms with E-state index in [-0.39, 0.29) is 5.91 Å². The summed E-state index contributed by atoms with van der Waals surface area (Å²) in [4.78, 5) is 27.2. The molecule has 4 N–H and O–H groups in total. The van der Waals surface area contributed by atoms with E-state index in [4.69, 9.17) is 5.11 Å². The van der Waals surface area contributed by atoms with E-state index in [0.717, 1.165) is 11.3 Å². The topological polar surface area (TPSA) is 103 Å². The third kappa shape index (κ3) is 5.31. The van der Waals surface area contributed by atoms with Crippen molar-refractivity contribution in [3.8, 4) is 0 Å². The minimum Gasteiger partial charge on any atom is -0.465 e. The van der Waals surface area contributed by atoms with Crippen LogP contribution in [0.25, 0.3) is 0 Å². The van der Waals surface area contributed by atoms with Crippen LogP contribution in [0.1, 0.15) is 15.9 Å². The van der Waals surface area contributed by atoms with Gasteiger partial charge in [-0.15, -0.1) is 0 Å². The number of aromatic nitrogens is 1.